The molecule has 0 aromatic rings. The molecular formula is C17H33N. The van der Waals surface area contributed by atoms with E-state index in [2.05, 4.69) is 39.0 Å². The topological polar surface area (TPSA) is 3.24 Å². The molecule has 0 saturated heterocycles. The van der Waals surface area contributed by atoms with Crippen molar-refractivity contribution in [3.05, 3.63) is 24.4 Å². The average Bonchev–Trinajstić information content (AvgIpc) is 2.33. The number of allylic oxidation sites excluding steroid dienone is 2. The van der Waals surface area contributed by atoms with Gasteiger partial charge in [0.25, 0.3) is 0 Å². The minimum Gasteiger partial charge on any atom is -0.378 e. The number of hydrogen-bond acceptors (Lipinski definition) is 1. The zero-order valence-corrected chi connectivity index (χ0v) is 12.9. The number of hydrogen-bond donors (Lipinski definition) is 0. The molecule has 0 spiro atoms. The summed E-state index contributed by atoms with van der Waals surface area (Å²) in [5.74, 6) is 0. The highest BCUT2D eigenvalue weighted by Gasteiger charge is 2.01. The fourth-order valence-corrected chi connectivity index (χ4v) is 2.06. The molecule has 0 aromatic heterocycles. The molecule has 0 fully saturated rings. The van der Waals surface area contributed by atoms with E-state index in [0.717, 1.165) is 6.54 Å². The molecule has 0 aromatic carbocycles. The molecule has 0 bridgehead atoms. The smallest absolute Gasteiger partial charge is 0.0171 e. The molecule has 0 atom stereocenters. The predicted octanol–water partition coefficient (Wildman–Crippen LogP) is 5.54. The minimum absolute atomic E-state index is 1.16. The van der Waals surface area contributed by atoms with Gasteiger partial charge in [0.1, 0.15) is 0 Å². The maximum Gasteiger partial charge on any atom is 0.0171 e. The lowest BCUT2D eigenvalue weighted by Gasteiger charge is -2.21. The van der Waals surface area contributed by atoms with Gasteiger partial charge in [0.05, 0.1) is 0 Å². The van der Waals surface area contributed by atoms with Crippen LogP contribution in [-0.4, -0.2) is 18.5 Å². The van der Waals surface area contributed by atoms with Crippen LogP contribution in [0.2, 0.25) is 0 Å². The van der Waals surface area contributed by atoms with E-state index in [1.807, 2.05) is 0 Å². The molecule has 0 aliphatic carbocycles. The summed E-state index contributed by atoms with van der Waals surface area (Å²) in [4.78, 5) is 2.34. The molecule has 0 aliphatic rings. The molecule has 0 saturated carbocycles. The summed E-state index contributed by atoms with van der Waals surface area (Å²) < 4.78 is 0. The van der Waals surface area contributed by atoms with E-state index in [1.54, 1.807) is 0 Å². The van der Waals surface area contributed by atoms with Crippen molar-refractivity contribution in [1.82, 2.24) is 4.90 Å². The summed E-state index contributed by atoms with van der Waals surface area (Å²) in [5.41, 5.74) is 2.63. The van der Waals surface area contributed by atoms with Crippen LogP contribution in [-0.2, 0) is 0 Å². The van der Waals surface area contributed by atoms with Crippen LogP contribution in [0, 0.1) is 0 Å². The molecule has 106 valence electrons. The zero-order chi connectivity index (χ0) is 13.8. The molecule has 1 heteroatoms. The van der Waals surface area contributed by atoms with Gasteiger partial charge in [-0.2, -0.15) is 0 Å². The van der Waals surface area contributed by atoms with Gasteiger partial charge in [-0.25, -0.2) is 0 Å². The Kier molecular flexibility index (Phi) is 10.9. The summed E-state index contributed by atoms with van der Waals surface area (Å²) in [7, 11) is 2.18. The molecule has 0 heterocycles. The quantitative estimate of drug-likeness (QED) is 0.325. The summed E-state index contributed by atoms with van der Waals surface area (Å²) in [6, 6.07) is 0. The van der Waals surface area contributed by atoms with Crippen LogP contribution in [0.4, 0.5) is 0 Å². The normalized spacial score (nSPS) is 10.4. The third-order valence-corrected chi connectivity index (χ3v) is 3.46. The number of nitrogens with zero attached hydrogens (tertiary/aromatic N) is 1. The first-order chi connectivity index (χ1) is 8.57. The van der Waals surface area contributed by atoms with Gasteiger partial charge in [-0.3, -0.25) is 0 Å². The van der Waals surface area contributed by atoms with Gasteiger partial charge in [-0.1, -0.05) is 44.8 Å². The summed E-state index contributed by atoms with van der Waals surface area (Å²) >= 11 is 0. The van der Waals surface area contributed by atoms with Crippen molar-refractivity contribution in [3.8, 4) is 0 Å². The van der Waals surface area contributed by atoms with Gasteiger partial charge in [-0.15, -0.1) is 6.58 Å². The van der Waals surface area contributed by atoms with E-state index in [0.29, 0.717) is 0 Å². The van der Waals surface area contributed by atoms with Gasteiger partial charge < -0.3 is 4.90 Å². The largest absolute Gasteiger partial charge is 0.378 e. The molecule has 0 radical (unpaired) electrons. The van der Waals surface area contributed by atoms with Crippen LogP contribution in [0.25, 0.3) is 0 Å². The van der Waals surface area contributed by atoms with Crippen LogP contribution < -0.4 is 0 Å². The Morgan fingerprint density at radius 1 is 0.889 bits per heavy atom. The Morgan fingerprint density at radius 3 is 2.11 bits per heavy atom. The Hall–Kier alpha value is -0.720. The monoisotopic (exact) mass is 251 g/mol. The van der Waals surface area contributed by atoms with E-state index in [4.69, 9.17) is 0 Å². The second kappa shape index (κ2) is 11.4. The van der Waals surface area contributed by atoms with Crippen LogP contribution in [0.5, 0.6) is 0 Å². The lowest BCUT2D eigenvalue weighted by Crippen LogP contribution is -2.18. The van der Waals surface area contributed by atoms with Crippen molar-refractivity contribution in [2.24, 2.45) is 0 Å². The van der Waals surface area contributed by atoms with E-state index in [-0.39, 0.29) is 0 Å². The third-order valence-electron chi connectivity index (χ3n) is 3.46. The fraction of sp³-hybridized carbons (Fsp3) is 0.765. The molecule has 1 nitrogen and oxygen atoms in total. The van der Waals surface area contributed by atoms with Crippen molar-refractivity contribution in [1.29, 1.82) is 0 Å². The summed E-state index contributed by atoms with van der Waals surface area (Å²) in [5, 5.41) is 0. The van der Waals surface area contributed by atoms with E-state index >= 15 is 0 Å². The van der Waals surface area contributed by atoms with Crippen LogP contribution in [0.3, 0.4) is 0 Å². The Bertz CT molecular complexity index is 230. The van der Waals surface area contributed by atoms with Crippen molar-refractivity contribution < 1.29 is 0 Å². The Labute approximate surface area is 115 Å². The first-order valence-electron chi connectivity index (χ1n) is 7.61. The molecular weight excluding hydrogens is 218 g/mol. The standard InChI is InChI=1S/C17H33N/c1-6-7-10-14-17(4)18(5)15-12-9-8-11-13-16(2)3/h2,4,6-15H2,1,3,5H3. The van der Waals surface area contributed by atoms with E-state index < -0.39 is 0 Å². The van der Waals surface area contributed by atoms with Crippen molar-refractivity contribution in [2.75, 3.05) is 13.6 Å². The molecule has 0 amide bonds. The Morgan fingerprint density at radius 2 is 1.50 bits per heavy atom. The van der Waals surface area contributed by atoms with Crippen molar-refractivity contribution >= 4 is 0 Å². The Balaban J connectivity index is 3.43. The van der Waals surface area contributed by atoms with Gasteiger partial charge in [0.15, 0.2) is 0 Å². The van der Waals surface area contributed by atoms with Gasteiger partial charge in [0, 0.05) is 19.3 Å². The maximum absolute atomic E-state index is 4.18. The predicted molar refractivity (Wildman–Crippen MR) is 83.8 cm³/mol. The molecule has 0 N–H and O–H groups in total. The first-order valence-corrected chi connectivity index (χ1v) is 7.61. The lowest BCUT2D eigenvalue weighted by molar-refractivity contribution is 0.382. The van der Waals surface area contributed by atoms with E-state index in [1.165, 1.54) is 69.1 Å². The maximum atomic E-state index is 4.18. The molecule has 0 rings (SSSR count). The van der Waals surface area contributed by atoms with Crippen LogP contribution >= 0.6 is 0 Å². The first kappa shape index (κ1) is 17.3. The zero-order valence-electron chi connectivity index (χ0n) is 12.9. The highest BCUT2D eigenvalue weighted by Crippen LogP contribution is 2.12. The second-order valence-electron chi connectivity index (χ2n) is 5.57. The van der Waals surface area contributed by atoms with E-state index in [9.17, 15) is 0 Å². The SMILES string of the molecule is C=C(C)CCCCCCN(C)C(=C)CCCCC. The molecule has 0 unspecified atom stereocenters. The number of rotatable bonds is 12. The van der Waals surface area contributed by atoms with Gasteiger partial charge in [-0.05, 0) is 39.0 Å². The lowest BCUT2D eigenvalue weighted by atomic mass is 10.1. The third kappa shape index (κ3) is 10.4. The summed E-state index contributed by atoms with van der Waals surface area (Å²) in [6.45, 7) is 13.7. The van der Waals surface area contributed by atoms with Crippen molar-refractivity contribution in [2.45, 2.75) is 71.6 Å². The summed E-state index contributed by atoms with van der Waals surface area (Å²) in [6.07, 6.45) is 11.5. The average molecular weight is 251 g/mol. The van der Waals surface area contributed by atoms with Gasteiger partial charge >= 0.3 is 0 Å². The number of unbranched alkanes of at least 4 members (excludes halogenated alkanes) is 5. The molecule has 0 aliphatic heterocycles. The fourth-order valence-electron chi connectivity index (χ4n) is 2.06. The second-order valence-corrected chi connectivity index (χ2v) is 5.57. The van der Waals surface area contributed by atoms with Crippen LogP contribution in [0.1, 0.15) is 71.6 Å². The minimum atomic E-state index is 1.16. The highest BCUT2D eigenvalue weighted by molar-refractivity contribution is 4.92. The van der Waals surface area contributed by atoms with Crippen molar-refractivity contribution in [3.63, 3.8) is 0 Å². The molecule has 18 heavy (non-hydrogen) atoms. The van der Waals surface area contributed by atoms with Crippen LogP contribution in [0.15, 0.2) is 24.4 Å². The highest BCUT2D eigenvalue weighted by atomic mass is 15.1. The van der Waals surface area contributed by atoms with Gasteiger partial charge in [0.2, 0.25) is 0 Å².